The molecule has 0 spiro atoms. The molecule has 1 saturated heterocycles. The molecule has 9 heteroatoms. The predicted octanol–water partition coefficient (Wildman–Crippen LogP) is 2.46. The first-order chi connectivity index (χ1) is 12.5. The molecule has 1 fully saturated rings. The molecule has 0 unspecified atom stereocenters. The lowest BCUT2D eigenvalue weighted by molar-refractivity contribution is -0.134. The van der Waals surface area contributed by atoms with Gasteiger partial charge in [0.2, 0.25) is 17.8 Å². The number of benzene rings is 1. The van der Waals surface area contributed by atoms with Crippen LogP contribution in [0.1, 0.15) is 6.42 Å². The summed E-state index contributed by atoms with van der Waals surface area (Å²) in [4.78, 5) is 36.5. The van der Waals surface area contributed by atoms with Gasteiger partial charge < -0.3 is 15.1 Å². The van der Waals surface area contributed by atoms with Gasteiger partial charge in [-0.3, -0.25) is 9.59 Å². The third-order valence-electron chi connectivity index (χ3n) is 3.98. The Morgan fingerprint density at radius 2 is 1.73 bits per heavy atom. The van der Waals surface area contributed by atoms with E-state index >= 15 is 0 Å². The summed E-state index contributed by atoms with van der Waals surface area (Å²) in [5.41, 5.74) is 0.503. The summed E-state index contributed by atoms with van der Waals surface area (Å²) in [5, 5.41) is 3.40. The van der Waals surface area contributed by atoms with E-state index in [1.165, 1.54) is 0 Å². The Balaban J connectivity index is 1.49. The second-order valence-electron chi connectivity index (χ2n) is 5.77. The largest absolute Gasteiger partial charge is 0.339 e. The fourth-order valence-electron chi connectivity index (χ4n) is 2.64. The number of amides is 2. The summed E-state index contributed by atoms with van der Waals surface area (Å²) in [6.45, 7) is 2.31. The summed E-state index contributed by atoms with van der Waals surface area (Å²) < 4.78 is 0. The zero-order valence-electron chi connectivity index (χ0n) is 13.9. The van der Waals surface area contributed by atoms with E-state index in [2.05, 4.69) is 15.3 Å². The summed E-state index contributed by atoms with van der Waals surface area (Å²) in [7, 11) is 0. The number of nitrogens with one attached hydrogen (secondary N) is 1. The molecule has 0 aliphatic carbocycles. The highest BCUT2D eigenvalue weighted by atomic mass is 35.5. The van der Waals surface area contributed by atoms with Gasteiger partial charge in [0.15, 0.2) is 0 Å². The summed E-state index contributed by atoms with van der Waals surface area (Å²) in [5.74, 6) is 0.0513. The molecule has 1 N–H and O–H groups in total. The molecular weight excluding hydrogens is 377 g/mol. The zero-order chi connectivity index (χ0) is 18.5. The minimum absolute atomic E-state index is 0.212. The van der Waals surface area contributed by atoms with Crippen molar-refractivity contribution in [2.75, 3.05) is 36.4 Å². The van der Waals surface area contributed by atoms with Crippen LogP contribution < -0.4 is 10.2 Å². The van der Waals surface area contributed by atoms with Gasteiger partial charge in [0.25, 0.3) is 0 Å². The lowest BCUT2D eigenvalue weighted by Gasteiger charge is -2.34. The normalized spacial score (nSPS) is 14.2. The van der Waals surface area contributed by atoms with Crippen LogP contribution in [0, 0.1) is 0 Å². The molecule has 7 nitrogen and oxygen atoms in total. The van der Waals surface area contributed by atoms with E-state index in [9.17, 15) is 9.59 Å². The van der Waals surface area contributed by atoms with Crippen LogP contribution in [0.3, 0.4) is 0 Å². The lowest BCUT2D eigenvalue weighted by atomic mass is 10.2. The van der Waals surface area contributed by atoms with Crippen molar-refractivity contribution in [2.24, 2.45) is 0 Å². The molecule has 26 heavy (non-hydrogen) atoms. The number of carbonyl (C=O) groups is 2. The number of nitrogens with zero attached hydrogens (tertiary/aromatic N) is 4. The summed E-state index contributed by atoms with van der Waals surface area (Å²) >= 11 is 11.8. The van der Waals surface area contributed by atoms with E-state index in [0.29, 0.717) is 47.9 Å². The molecule has 0 atom stereocenters. The van der Waals surface area contributed by atoms with Crippen molar-refractivity contribution >= 4 is 46.7 Å². The highest BCUT2D eigenvalue weighted by molar-refractivity contribution is 6.42. The lowest BCUT2D eigenvalue weighted by Crippen LogP contribution is -2.49. The van der Waals surface area contributed by atoms with E-state index in [1.54, 1.807) is 41.6 Å². The highest BCUT2D eigenvalue weighted by Crippen LogP contribution is 2.25. The minimum atomic E-state index is -0.387. The number of aromatic nitrogens is 2. The van der Waals surface area contributed by atoms with E-state index < -0.39 is 0 Å². The van der Waals surface area contributed by atoms with Gasteiger partial charge in [0.05, 0.1) is 10.0 Å². The van der Waals surface area contributed by atoms with Gasteiger partial charge in [-0.05, 0) is 24.3 Å². The molecule has 2 heterocycles. The maximum atomic E-state index is 12.3. The Labute approximate surface area is 160 Å². The number of hydrogen-bond donors (Lipinski definition) is 1. The average Bonchev–Trinajstić information content (AvgIpc) is 2.65. The maximum absolute atomic E-state index is 12.3. The number of halogens is 2. The van der Waals surface area contributed by atoms with Crippen molar-refractivity contribution in [2.45, 2.75) is 6.42 Å². The molecular formula is C17H17Cl2N5O2. The highest BCUT2D eigenvalue weighted by Gasteiger charge is 2.24. The van der Waals surface area contributed by atoms with Crippen LogP contribution in [0.15, 0.2) is 36.7 Å². The van der Waals surface area contributed by atoms with Crippen LogP contribution in [-0.4, -0.2) is 52.9 Å². The average molecular weight is 394 g/mol. The van der Waals surface area contributed by atoms with Gasteiger partial charge in [-0.25, -0.2) is 9.97 Å². The number of anilines is 2. The van der Waals surface area contributed by atoms with Gasteiger partial charge in [-0.2, -0.15) is 0 Å². The third kappa shape index (κ3) is 4.62. The monoisotopic (exact) mass is 393 g/mol. The number of piperazine rings is 1. The summed E-state index contributed by atoms with van der Waals surface area (Å²) in [6, 6.07) is 6.53. The number of carbonyl (C=O) groups excluding carboxylic acids is 2. The molecule has 1 aromatic heterocycles. The fourth-order valence-corrected chi connectivity index (χ4v) is 2.94. The Bertz CT molecular complexity index is 795. The molecule has 0 bridgehead atoms. The first-order valence-electron chi connectivity index (χ1n) is 8.07. The van der Waals surface area contributed by atoms with Crippen LogP contribution in [-0.2, 0) is 9.59 Å². The van der Waals surface area contributed by atoms with Gasteiger partial charge in [-0.15, -0.1) is 0 Å². The van der Waals surface area contributed by atoms with Crippen molar-refractivity contribution in [3.63, 3.8) is 0 Å². The molecule has 3 rings (SSSR count). The van der Waals surface area contributed by atoms with Crippen molar-refractivity contribution in [3.8, 4) is 0 Å². The second kappa shape index (κ2) is 8.33. The predicted molar refractivity (Wildman–Crippen MR) is 101 cm³/mol. The van der Waals surface area contributed by atoms with E-state index in [0.717, 1.165) is 0 Å². The minimum Gasteiger partial charge on any atom is -0.339 e. The van der Waals surface area contributed by atoms with Crippen molar-refractivity contribution in [1.29, 1.82) is 0 Å². The van der Waals surface area contributed by atoms with E-state index in [4.69, 9.17) is 23.2 Å². The maximum Gasteiger partial charge on any atom is 0.233 e. The quantitative estimate of drug-likeness (QED) is 0.807. The van der Waals surface area contributed by atoms with Crippen LogP contribution >= 0.6 is 23.2 Å². The molecule has 0 saturated carbocycles. The standard InChI is InChI=1S/C17H17Cl2N5O2/c18-13-3-2-12(10-14(13)19)22-15(25)11-16(26)23-6-8-24(9-7-23)17-20-4-1-5-21-17/h1-5,10H,6-9,11H2,(H,22,25). The molecule has 1 aromatic carbocycles. The second-order valence-corrected chi connectivity index (χ2v) is 6.58. The number of hydrogen-bond acceptors (Lipinski definition) is 5. The van der Waals surface area contributed by atoms with E-state index in [-0.39, 0.29) is 18.2 Å². The SMILES string of the molecule is O=C(CC(=O)N1CCN(c2ncccn2)CC1)Nc1ccc(Cl)c(Cl)c1. The van der Waals surface area contributed by atoms with E-state index in [1.807, 2.05) is 4.90 Å². The first-order valence-corrected chi connectivity index (χ1v) is 8.83. The Morgan fingerprint density at radius 1 is 1.04 bits per heavy atom. The number of rotatable bonds is 4. The Hall–Kier alpha value is -2.38. The Morgan fingerprint density at radius 3 is 2.38 bits per heavy atom. The van der Waals surface area contributed by atoms with Crippen LogP contribution in [0.25, 0.3) is 0 Å². The van der Waals surface area contributed by atoms with Gasteiger partial charge in [0.1, 0.15) is 6.42 Å². The molecule has 2 amide bonds. The van der Waals surface area contributed by atoms with Crippen molar-refractivity contribution < 1.29 is 9.59 Å². The Kier molecular flexibility index (Phi) is 5.90. The summed E-state index contributed by atoms with van der Waals surface area (Å²) in [6.07, 6.45) is 3.16. The molecule has 1 aliphatic heterocycles. The van der Waals surface area contributed by atoms with Gasteiger partial charge in [0, 0.05) is 44.3 Å². The topological polar surface area (TPSA) is 78.4 Å². The van der Waals surface area contributed by atoms with Crippen LogP contribution in [0.5, 0.6) is 0 Å². The van der Waals surface area contributed by atoms with Crippen LogP contribution in [0.2, 0.25) is 10.0 Å². The van der Waals surface area contributed by atoms with Gasteiger partial charge in [-0.1, -0.05) is 23.2 Å². The molecule has 0 radical (unpaired) electrons. The molecule has 2 aromatic rings. The van der Waals surface area contributed by atoms with Crippen molar-refractivity contribution in [1.82, 2.24) is 14.9 Å². The zero-order valence-corrected chi connectivity index (χ0v) is 15.4. The van der Waals surface area contributed by atoms with Crippen LogP contribution in [0.4, 0.5) is 11.6 Å². The molecule has 1 aliphatic rings. The fraction of sp³-hybridized carbons (Fsp3) is 0.294. The smallest absolute Gasteiger partial charge is 0.233 e. The third-order valence-corrected chi connectivity index (χ3v) is 4.72. The van der Waals surface area contributed by atoms with Gasteiger partial charge >= 0.3 is 0 Å². The van der Waals surface area contributed by atoms with Crippen molar-refractivity contribution in [3.05, 3.63) is 46.7 Å². The first kappa shape index (κ1) is 18.4. The molecule has 136 valence electrons.